The highest BCUT2D eigenvalue weighted by atomic mass is 14.7. The maximum Gasteiger partial charge on any atom is 0.0273 e. The van der Waals surface area contributed by atoms with E-state index >= 15 is 0 Å². The smallest absolute Gasteiger partial charge is 0.0273 e. The average molecular weight is 169 g/mol. The molecule has 0 aliphatic rings. The van der Waals surface area contributed by atoms with Gasteiger partial charge in [-0.25, -0.2) is 0 Å². The lowest BCUT2D eigenvalue weighted by molar-refractivity contribution is 0.336. The Hall–Kier alpha value is -0.330. The van der Waals surface area contributed by atoms with Crippen LogP contribution in [0.15, 0.2) is 4.99 Å². The predicted octanol–water partition coefficient (Wildman–Crippen LogP) is 3.54. The molecule has 2 atom stereocenters. The molecule has 0 heterocycles. The third kappa shape index (κ3) is 3.89. The standard InChI is InChI=1S/C11H23N/c1-6-10(3)8-11(4,7-2)9-12-5/h9-10H,6-8H2,1-5H3. The van der Waals surface area contributed by atoms with E-state index in [0.29, 0.717) is 5.41 Å². The molecular formula is C11H23N. The lowest BCUT2D eigenvalue weighted by Crippen LogP contribution is -2.20. The van der Waals surface area contributed by atoms with Crippen molar-refractivity contribution in [2.75, 3.05) is 7.05 Å². The van der Waals surface area contributed by atoms with Gasteiger partial charge in [-0.3, -0.25) is 0 Å². The summed E-state index contributed by atoms with van der Waals surface area (Å²) >= 11 is 0. The highest BCUT2D eigenvalue weighted by molar-refractivity contribution is 5.64. The van der Waals surface area contributed by atoms with E-state index in [9.17, 15) is 0 Å². The van der Waals surface area contributed by atoms with Crippen molar-refractivity contribution in [2.45, 2.75) is 47.0 Å². The molecule has 0 fully saturated rings. The summed E-state index contributed by atoms with van der Waals surface area (Å²) in [5, 5.41) is 0. The highest BCUT2D eigenvalue weighted by Crippen LogP contribution is 2.28. The van der Waals surface area contributed by atoms with Crippen LogP contribution in [0.3, 0.4) is 0 Å². The monoisotopic (exact) mass is 169 g/mol. The third-order valence-corrected chi connectivity index (χ3v) is 2.76. The molecule has 0 radical (unpaired) electrons. The second kappa shape index (κ2) is 5.34. The fourth-order valence-corrected chi connectivity index (χ4v) is 1.54. The van der Waals surface area contributed by atoms with E-state index in [1.165, 1.54) is 19.3 Å². The van der Waals surface area contributed by atoms with E-state index in [4.69, 9.17) is 0 Å². The van der Waals surface area contributed by atoms with Gasteiger partial charge < -0.3 is 4.99 Å². The van der Waals surface area contributed by atoms with E-state index in [1.807, 2.05) is 7.05 Å². The molecule has 0 aromatic carbocycles. The molecule has 12 heavy (non-hydrogen) atoms. The SMILES string of the molecule is CCC(C)CC(C)(C=NC)CC. The Morgan fingerprint density at radius 3 is 2.33 bits per heavy atom. The summed E-state index contributed by atoms with van der Waals surface area (Å²) < 4.78 is 0. The zero-order valence-electron chi connectivity index (χ0n) is 9.22. The summed E-state index contributed by atoms with van der Waals surface area (Å²) in [4.78, 5) is 4.14. The van der Waals surface area contributed by atoms with Crippen LogP contribution in [0.1, 0.15) is 47.0 Å². The Bertz CT molecular complexity index is 140. The first kappa shape index (κ1) is 11.7. The third-order valence-electron chi connectivity index (χ3n) is 2.76. The first-order valence-corrected chi connectivity index (χ1v) is 5.01. The van der Waals surface area contributed by atoms with Gasteiger partial charge in [0.15, 0.2) is 0 Å². The van der Waals surface area contributed by atoms with Crippen molar-refractivity contribution in [3.63, 3.8) is 0 Å². The molecule has 0 saturated heterocycles. The maximum atomic E-state index is 4.14. The van der Waals surface area contributed by atoms with Crippen LogP contribution in [0.5, 0.6) is 0 Å². The van der Waals surface area contributed by atoms with Gasteiger partial charge >= 0.3 is 0 Å². The summed E-state index contributed by atoms with van der Waals surface area (Å²) in [6, 6.07) is 0. The van der Waals surface area contributed by atoms with Crippen LogP contribution in [-0.2, 0) is 0 Å². The molecule has 0 amide bonds. The van der Waals surface area contributed by atoms with Crippen molar-refractivity contribution in [1.82, 2.24) is 0 Å². The fourth-order valence-electron chi connectivity index (χ4n) is 1.54. The van der Waals surface area contributed by atoms with Crippen molar-refractivity contribution in [2.24, 2.45) is 16.3 Å². The molecule has 0 bridgehead atoms. The Balaban J connectivity index is 4.13. The first-order valence-electron chi connectivity index (χ1n) is 5.01. The number of nitrogens with zero attached hydrogens (tertiary/aromatic N) is 1. The van der Waals surface area contributed by atoms with Gasteiger partial charge in [-0.05, 0) is 18.8 Å². The molecule has 0 aromatic heterocycles. The molecule has 0 aliphatic heterocycles. The van der Waals surface area contributed by atoms with E-state index in [0.717, 1.165) is 5.92 Å². The number of hydrogen-bond acceptors (Lipinski definition) is 1. The van der Waals surface area contributed by atoms with E-state index in [2.05, 4.69) is 38.9 Å². The molecule has 0 N–H and O–H groups in total. The number of hydrogen-bond donors (Lipinski definition) is 0. The Morgan fingerprint density at radius 2 is 2.00 bits per heavy atom. The van der Waals surface area contributed by atoms with E-state index in [-0.39, 0.29) is 0 Å². The minimum atomic E-state index is 0.324. The van der Waals surface area contributed by atoms with Gasteiger partial charge in [-0.1, -0.05) is 34.1 Å². The minimum Gasteiger partial charge on any atom is -0.300 e. The predicted molar refractivity (Wildman–Crippen MR) is 56.9 cm³/mol. The Labute approximate surface area is 77.3 Å². The Kier molecular flexibility index (Phi) is 5.19. The fraction of sp³-hybridized carbons (Fsp3) is 0.909. The molecule has 0 spiro atoms. The van der Waals surface area contributed by atoms with Gasteiger partial charge in [-0.15, -0.1) is 0 Å². The van der Waals surface area contributed by atoms with Crippen molar-refractivity contribution in [3.05, 3.63) is 0 Å². The molecule has 0 saturated carbocycles. The quantitative estimate of drug-likeness (QED) is 0.558. The van der Waals surface area contributed by atoms with E-state index < -0.39 is 0 Å². The normalized spacial score (nSPS) is 19.4. The van der Waals surface area contributed by atoms with Gasteiger partial charge in [0.2, 0.25) is 0 Å². The van der Waals surface area contributed by atoms with Crippen LogP contribution in [0.25, 0.3) is 0 Å². The summed E-state index contributed by atoms with van der Waals surface area (Å²) in [5.74, 6) is 0.813. The maximum absolute atomic E-state index is 4.14. The summed E-state index contributed by atoms with van der Waals surface area (Å²) in [6.07, 6.45) is 5.83. The van der Waals surface area contributed by atoms with Crippen LogP contribution in [0.4, 0.5) is 0 Å². The summed E-state index contributed by atoms with van der Waals surface area (Å²) in [5.41, 5.74) is 0.324. The summed E-state index contributed by atoms with van der Waals surface area (Å²) in [7, 11) is 1.87. The molecule has 0 rings (SSSR count). The van der Waals surface area contributed by atoms with Crippen molar-refractivity contribution < 1.29 is 0 Å². The average Bonchev–Trinajstić information content (AvgIpc) is 2.05. The second-order valence-electron chi connectivity index (χ2n) is 4.11. The van der Waals surface area contributed by atoms with Crippen molar-refractivity contribution in [1.29, 1.82) is 0 Å². The van der Waals surface area contributed by atoms with Crippen LogP contribution in [0, 0.1) is 11.3 Å². The van der Waals surface area contributed by atoms with Gasteiger partial charge in [0.05, 0.1) is 0 Å². The van der Waals surface area contributed by atoms with Gasteiger partial charge in [0.1, 0.15) is 0 Å². The van der Waals surface area contributed by atoms with Crippen LogP contribution < -0.4 is 0 Å². The van der Waals surface area contributed by atoms with Crippen molar-refractivity contribution >= 4 is 6.21 Å². The molecule has 2 unspecified atom stereocenters. The van der Waals surface area contributed by atoms with Crippen LogP contribution in [-0.4, -0.2) is 13.3 Å². The van der Waals surface area contributed by atoms with Crippen LogP contribution >= 0.6 is 0 Å². The topological polar surface area (TPSA) is 12.4 Å². The highest BCUT2D eigenvalue weighted by Gasteiger charge is 2.21. The number of rotatable bonds is 5. The lowest BCUT2D eigenvalue weighted by atomic mass is 9.79. The molecule has 72 valence electrons. The van der Waals surface area contributed by atoms with Gasteiger partial charge in [-0.2, -0.15) is 0 Å². The van der Waals surface area contributed by atoms with Gasteiger partial charge in [0.25, 0.3) is 0 Å². The second-order valence-corrected chi connectivity index (χ2v) is 4.11. The Morgan fingerprint density at radius 1 is 1.42 bits per heavy atom. The first-order chi connectivity index (χ1) is 5.58. The zero-order valence-corrected chi connectivity index (χ0v) is 9.22. The van der Waals surface area contributed by atoms with Crippen LogP contribution in [0.2, 0.25) is 0 Å². The molecule has 1 heteroatoms. The molecule has 0 aromatic rings. The van der Waals surface area contributed by atoms with Gasteiger partial charge in [0, 0.05) is 18.7 Å². The molecule has 0 aliphatic carbocycles. The zero-order chi connectivity index (χ0) is 9.61. The molecule has 1 nitrogen and oxygen atoms in total. The number of aliphatic imine (C=N–C) groups is 1. The van der Waals surface area contributed by atoms with E-state index in [1.54, 1.807) is 0 Å². The molecular weight excluding hydrogens is 146 g/mol. The van der Waals surface area contributed by atoms with Crippen molar-refractivity contribution in [3.8, 4) is 0 Å². The summed E-state index contributed by atoms with van der Waals surface area (Å²) in [6.45, 7) is 9.11. The lowest BCUT2D eigenvalue weighted by Gasteiger charge is -2.26. The minimum absolute atomic E-state index is 0.324. The largest absolute Gasteiger partial charge is 0.300 e.